The maximum Gasteiger partial charge on any atom is 0.274 e. The highest BCUT2D eigenvalue weighted by atomic mass is 16.5. The molecule has 1 aromatic heterocycles. The molecule has 3 rings (SSSR count). The van der Waals surface area contributed by atoms with Gasteiger partial charge in [0.15, 0.2) is 0 Å². The Bertz CT molecular complexity index is 965. The van der Waals surface area contributed by atoms with Crippen molar-refractivity contribution < 1.29 is 14.7 Å². The first-order chi connectivity index (χ1) is 11.6. The minimum absolute atomic E-state index is 0.183. The van der Waals surface area contributed by atoms with E-state index in [0.29, 0.717) is 23.2 Å². The molecule has 0 aliphatic carbocycles. The molecule has 7 nitrogen and oxygen atoms in total. The number of carbonyl (C=O) groups excluding carboxylic acids is 1. The van der Waals surface area contributed by atoms with Gasteiger partial charge in [0.2, 0.25) is 0 Å². The van der Waals surface area contributed by atoms with Gasteiger partial charge in [0.1, 0.15) is 5.75 Å². The number of aromatic nitrogens is 2. The number of hydroxylamine groups is 1. The normalized spacial score (nSPS) is 10.6. The molecule has 0 spiro atoms. The van der Waals surface area contributed by atoms with E-state index in [0.717, 1.165) is 5.56 Å². The lowest BCUT2D eigenvalue weighted by Crippen LogP contribution is -2.23. The van der Waals surface area contributed by atoms with Crippen molar-refractivity contribution in [3.63, 3.8) is 0 Å². The van der Waals surface area contributed by atoms with Crippen molar-refractivity contribution in [1.29, 1.82) is 0 Å². The molecule has 0 saturated carbocycles. The van der Waals surface area contributed by atoms with E-state index >= 15 is 0 Å². The van der Waals surface area contributed by atoms with E-state index in [1.165, 1.54) is 23.0 Å². The van der Waals surface area contributed by atoms with Gasteiger partial charge in [-0.15, -0.1) is 0 Å². The van der Waals surface area contributed by atoms with Crippen LogP contribution in [-0.2, 0) is 6.54 Å². The van der Waals surface area contributed by atoms with Crippen molar-refractivity contribution in [2.75, 3.05) is 7.11 Å². The number of benzene rings is 2. The van der Waals surface area contributed by atoms with Crippen LogP contribution in [0.1, 0.15) is 15.9 Å². The summed E-state index contributed by atoms with van der Waals surface area (Å²) in [7, 11) is 1.58. The van der Waals surface area contributed by atoms with Crippen molar-refractivity contribution in [3.05, 3.63) is 70.3 Å². The summed E-state index contributed by atoms with van der Waals surface area (Å²) in [6, 6.07) is 11.9. The molecular formula is C17H15N3O4. The Kier molecular flexibility index (Phi) is 4.26. The van der Waals surface area contributed by atoms with Gasteiger partial charge in [0.05, 0.1) is 30.9 Å². The standard InChI is InChI=1S/C17H15N3O4/c1-24-13-4-2-3-11(7-13)9-20-10-18-15-6-5-12(16(21)19-23)8-14(15)17(20)22/h2-8,10,23H,9H2,1H3,(H,19,21). The van der Waals surface area contributed by atoms with Crippen LogP contribution in [0.2, 0.25) is 0 Å². The Hall–Kier alpha value is -3.19. The van der Waals surface area contributed by atoms with Crippen LogP contribution in [0.5, 0.6) is 5.75 Å². The van der Waals surface area contributed by atoms with E-state index in [9.17, 15) is 9.59 Å². The van der Waals surface area contributed by atoms with Crippen molar-refractivity contribution >= 4 is 16.8 Å². The summed E-state index contributed by atoms with van der Waals surface area (Å²) in [5.41, 5.74) is 2.84. The Morgan fingerprint density at radius 1 is 1.29 bits per heavy atom. The number of rotatable bonds is 4. The number of ether oxygens (including phenoxy) is 1. The molecule has 0 unspecified atom stereocenters. The van der Waals surface area contributed by atoms with E-state index in [2.05, 4.69) is 4.98 Å². The number of carbonyl (C=O) groups is 1. The molecule has 0 atom stereocenters. The van der Waals surface area contributed by atoms with Crippen molar-refractivity contribution in [1.82, 2.24) is 15.0 Å². The first-order valence-electron chi connectivity index (χ1n) is 7.19. The van der Waals surface area contributed by atoms with E-state index in [1.807, 2.05) is 24.3 Å². The second-order valence-corrected chi connectivity index (χ2v) is 5.20. The fourth-order valence-electron chi connectivity index (χ4n) is 2.44. The van der Waals surface area contributed by atoms with Gasteiger partial charge in [0.25, 0.3) is 11.5 Å². The van der Waals surface area contributed by atoms with Gasteiger partial charge >= 0.3 is 0 Å². The number of amides is 1. The number of methoxy groups -OCH3 is 1. The third kappa shape index (κ3) is 2.97. The molecule has 24 heavy (non-hydrogen) atoms. The second-order valence-electron chi connectivity index (χ2n) is 5.20. The summed E-state index contributed by atoms with van der Waals surface area (Å²) in [6.45, 7) is 0.329. The first kappa shape index (κ1) is 15.7. The van der Waals surface area contributed by atoms with Gasteiger partial charge in [-0.25, -0.2) is 10.5 Å². The Morgan fingerprint density at radius 2 is 2.12 bits per heavy atom. The Labute approximate surface area is 137 Å². The Balaban J connectivity index is 2.04. The Morgan fingerprint density at radius 3 is 2.88 bits per heavy atom. The summed E-state index contributed by atoms with van der Waals surface area (Å²) < 4.78 is 6.63. The summed E-state index contributed by atoms with van der Waals surface area (Å²) in [5.74, 6) is 0.0238. The van der Waals surface area contributed by atoms with Gasteiger partial charge in [-0.1, -0.05) is 12.1 Å². The third-order valence-electron chi connectivity index (χ3n) is 3.67. The number of nitrogens with zero attached hydrogens (tertiary/aromatic N) is 2. The fourth-order valence-corrected chi connectivity index (χ4v) is 2.44. The topological polar surface area (TPSA) is 93.5 Å². The summed E-state index contributed by atoms with van der Waals surface area (Å²) >= 11 is 0. The number of nitrogens with one attached hydrogen (secondary N) is 1. The minimum Gasteiger partial charge on any atom is -0.497 e. The van der Waals surface area contributed by atoms with E-state index < -0.39 is 5.91 Å². The molecule has 7 heteroatoms. The molecule has 3 aromatic rings. The molecule has 2 N–H and O–H groups in total. The molecule has 0 fully saturated rings. The molecule has 0 saturated heterocycles. The average molecular weight is 325 g/mol. The van der Waals surface area contributed by atoms with Gasteiger partial charge in [-0.3, -0.25) is 19.4 Å². The van der Waals surface area contributed by atoms with Crippen LogP contribution in [0, 0.1) is 0 Å². The lowest BCUT2D eigenvalue weighted by atomic mass is 10.1. The van der Waals surface area contributed by atoms with Gasteiger partial charge < -0.3 is 4.74 Å². The third-order valence-corrected chi connectivity index (χ3v) is 3.67. The quantitative estimate of drug-likeness (QED) is 0.561. The molecular weight excluding hydrogens is 310 g/mol. The van der Waals surface area contributed by atoms with E-state index in [1.54, 1.807) is 18.7 Å². The average Bonchev–Trinajstić information content (AvgIpc) is 2.63. The van der Waals surface area contributed by atoms with Crippen molar-refractivity contribution in [2.24, 2.45) is 0 Å². The molecule has 0 bridgehead atoms. The summed E-state index contributed by atoms with van der Waals surface area (Å²) in [5, 5.41) is 9.02. The summed E-state index contributed by atoms with van der Waals surface area (Å²) in [6.07, 6.45) is 1.47. The zero-order valence-corrected chi connectivity index (χ0v) is 12.9. The molecule has 122 valence electrons. The minimum atomic E-state index is -0.681. The van der Waals surface area contributed by atoms with Crippen LogP contribution < -0.4 is 15.8 Å². The van der Waals surface area contributed by atoms with Crippen LogP contribution in [0.4, 0.5) is 0 Å². The van der Waals surface area contributed by atoms with Gasteiger partial charge in [0, 0.05) is 5.56 Å². The highest BCUT2D eigenvalue weighted by Crippen LogP contribution is 2.14. The smallest absolute Gasteiger partial charge is 0.274 e. The molecule has 1 heterocycles. The van der Waals surface area contributed by atoms with E-state index in [4.69, 9.17) is 9.94 Å². The summed E-state index contributed by atoms with van der Waals surface area (Å²) in [4.78, 5) is 28.4. The number of hydrogen-bond donors (Lipinski definition) is 2. The molecule has 0 aliphatic rings. The predicted molar refractivity (Wildman–Crippen MR) is 87.4 cm³/mol. The van der Waals surface area contributed by atoms with Crippen LogP contribution in [0.3, 0.4) is 0 Å². The lowest BCUT2D eigenvalue weighted by Gasteiger charge is -2.09. The maximum atomic E-state index is 12.6. The first-order valence-corrected chi connectivity index (χ1v) is 7.19. The molecule has 2 aromatic carbocycles. The SMILES string of the molecule is COc1cccc(Cn2cnc3ccc(C(=O)NO)cc3c2=O)c1. The van der Waals surface area contributed by atoms with Crippen LogP contribution >= 0.6 is 0 Å². The molecule has 1 amide bonds. The fraction of sp³-hybridized carbons (Fsp3) is 0.118. The zero-order chi connectivity index (χ0) is 17.1. The van der Waals surface area contributed by atoms with E-state index in [-0.39, 0.29) is 11.1 Å². The van der Waals surface area contributed by atoms with Gasteiger partial charge in [-0.05, 0) is 35.9 Å². The number of fused-ring (bicyclic) bond motifs is 1. The van der Waals surface area contributed by atoms with Crippen LogP contribution in [-0.4, -0.2) is 27.8 Å². The monoisotopic (exact) mass is 325 g/mol. The van der Waals surface area contributed by atoms with Gasteiger partial charge in [-0.2, -0.15) is 0 Å². The number of hydrogen-bond acceptors (Lipinski definition) is 5. The zero-order valence-electron chi connectivity index (χ0n) is 12.9. The van der Waals surface area contributed by atoms with Crippen LogP contribution in [0.25, 0.3) is 10.9 Å². The molecule has 0 aliphatic heterocycles. The largest absolute Gasteiger partial charge is 0.497 e. The maximum absolute atomic E-state index is 12.6. The highest BCUT2D eigenvalue weighted by molar-refractivity contribution is 5.97. The van der Waals surface area contributed by atoms with Crippen molar-refractivity contribution in [3.8, 4) is 5.75 Å². The lowest BCUT2D eigenvalue weighted by molar-refractivity contribution is 0.0706. The van der Waals surface area contributed by atoms with Crippen LogP contribution in [0.15, 0.2) is 53.6 Å². The molecule has 0 radical (unpaired) electrons. The second kappa shape index (κ2) is 6.51. The predicted octanol–water partition coefficient (Wildman–Crippen LogP) is 1.57. The van der Waals surface area contributed by atoms with Crippen molar-refractivity contribution in [2.45, 2.75) is 6.54 Å². The highest BCUT2D eigenvalue weighted by Gasteiger charge is 2.10.